The molecule has 0 N–H and O–H groups in total. The lowest BCUT2D eigenvalue weighted by Gasteiger charge is -2.38. The van der Waals surface area contributed by atoms with Crippen molar-refractivity contribution in [1.29, 1.82) is 0 Å². The molecule has 82 valence electrons. The third-order valence-corrected chi connectivity index (χ3v) is 2.62. The number of carbonyl (C=O) groups excluding carboxylic acids is 1. The lowest BCUT2D eigenvalue weighted by atomic mass is 10.1. The molecule has 0 aliphatic carbocycles. The molecular formula is C13H13NO2. The highest BCUT2D eigenvalue weighted by Crippen LogP contribution is 2.18. The van der Waals surface area contributed by atoms with Crippen LogP contribution in [0.25, 0.3) is 0 Å². The van der Waals surface area contributed by atoms with Gasteiger partial charge in [0.05, 0.1) is 13.1 Å². The largest absolute Gasteiger partial charge is 0.487 e. The molecule has 1 aromatic carbocycles. The van der Waals surface area contributed by atoms with Crippen molar-refractivity contribution < 1.29 is 9.53 Å². The molecule has 2 rings (SSSR count). The predicted octanol–water partition coefficient (Wildman–Crippen LogP) is 1.28. The molecule has 1 fully saturated rings. The molecule has 16 heavy (non-hydrogen) atoms. The van der Waals surface area contributed by atoms with Crippen molar-refractivity contribution in [2.45, 2.75) is 13.0 Å². The minimum atomic E-state index is 0.0996. The Morgan fingerprint density at radius 3 is 2.56 bits per heavy atom. The number of nitrogens with zero attached hydrogens (tertiary/aromatic N) is 1. The number of hydrogen-bond acceptors (Lipinski definition) is 2. The van der Waals surface area contributed by atoms with Gasteiger partial charge in [0.25, 0.3) is 0 Å². The van der Waals surface area contributed by atoms with Crippen molar-refractivity contribution in [3.63, 3.8) is 0 Å². The molecular weight excluding hydrogens is 202 g/mol. The zero-order valence-electron chi connectivity index (χ0n) is 9.14. The number of hydrogen-bond donors (Lipinski definition) is 0. The third kappa shape index (κ3) is 2.17. The lowest BCUT2D eigenvalue weighted by molar-refractivity contribution is -0.137. The molecule has 1 aromatic rings. The van der Waals surface area contributed by atoms with Crippen LogP contribution in [-0.4, -0.2) is 30.0 Å². The van der Waals surface area contributed by atoms with Gasteiger partial charge in [-0.25, -0.2) is 0 Å². The van der Waals surface area contributed by atoms with Crippen LogP contribution in [0.3, 0.4) is 0 Å². The summed E-state index contributed by atoms with van der Waals surface area (Å²) in [6.45, 7) is 2.91. The summed E-state index contributed by atoms with van der Waals surface area (Å²) < 4.78 is 5.67. The summed E-state index contributed by atoms with van der Waals surface area (Å²) in [5, 5.41) is 0. The van der Waals surface area contributed by atoms with Gasteiger partial charge >= 0.3 is 0 Å². The normalized spacial score (nSPS) is 15.1. The van der Waals surface area contributed by atoms with E-state index in [1.807, 2.05) is 24.3 Å². The number of rotatable bonds is 2. The molecule has 0 atom stereocenters. The Morgan fingerprint density at radius 2 is 2.06 bits per heavy atom. The molecule has 1 aliphatic rings. The fourth-order valence-corrected chi connectivity index (χ4v) is 1.59. The van der Waals surface area contributed by atoms with Gasteiger partial charge in [-0.3, -0.25) is 4.79 Å². The summed E-state index contributed by atoms with van der Waals surface area (Å²) in [5.41, 5.74) is 0.839. The van der Waals surface area contributed by atoms with Crippen LogP contribution in [-0.2, 0) is 4.79 Å². The number of amides is 1. The second kappa shape index (κ2) is 4.28. The molecule has 0 radical (unpaired) electrons. The summed E-state index contributed by atoms with van der Waals surface area (Å²) in [5.74, 6) is 3.45. The second-order valence-corrected chi connectivity index (χ2v) is 3.83. The van der Waals surface area contributed by atoms with Crippen LogP contribution in [0.2, 0.25) is 0 Å². The van der Waals surface area contributed by atoms with Crippen LogP contribution in [0.15, 0.2) is 24.3 Å². The highest BCUT2D eigenvalue weighted by molar-refractivity contribution is 5.74. The van der Waals surface area contributed by atoms with E-state index in [4.69, 9.17) is 11.2 Å². The quantitative estimate of drug-likeness (QED) is 0.695. The Hall–Kier alpha value is -1.95. The van der Waals surface area contributed by atoms with Gasteiger partial charge in [-0.15, -0.1) is 6.42 Å². The average Bonchev–Trinajstić information content (AvgIpc) is 2.23. The summed E-state index contributed by atoms with van der Waals surface area (Å²) >= 11 is 0. The fourth-order valence-electron chi connectivity index (χ4n) is 1.59. The molecule has 0 spiro atoms. The van der Waals surface area contributed by atoms with Crippen molar-refractivity contribution in [2.24, 2.45) is 0 Å². The van der Waals surface area contributed by atoms with E-state index in [2.05, 4.69) is 5.92 Å². The predicted molar refractivity (Wildman–Crippen MR) is 61.0 cm³/mol. The minimum Gasteiger partial charge on any atom is -0.487 e. The maximum Gasteiger partial charge on any atom is 0.219 e. The highest BCUT2D eigenvalue weighted by Gasteiger charge is 2.29. The Labute approximate surface area is 95.0 Å². The van der Waals surface area contributed by atoms with Crippen LogP contribution in [0.4, 0.5) is 0 Å². The maximum atomic E-state index is 11.0. The Kier molecular flexibility index (Phi) is 2.82. The minimum absolute atomic E-state index is 0.0996. The first-order valence-electron chi connectivity index (χ1n) is 5.18. The first-order valence-corrected chi connectivity index (χ1v) is 5.18. The Morgan fingerprint density at radius 1 is 1.44 bits per heavy atom. The fraction of sp³-hybridized carbons (Fsp3) is 0.308. The van der Waals surface area contributed by atoms with E-state index in [0.717, 1.165) is 11.3 Å². The number of carbonyl (C=O) groups is 1. The highest BCUT2D eigenvalue weighted by atomic mass is 16.5. The molecule has 1 heterocycles. The van der Waals surface area contributed by atoms with Gasteiger partial charge in [0, 0.05) is 12.5 Å². The maximum absolute atomic E-state index is 11.0. The van der Waals surface area contributed by atoms with Crippen molar-refractivity contribution in [1.82, 2.24) is 4.90 Å². The SMILES string of the molecule is C#Cc1ccc(OC2CN(C(C)=O)C2)cc1. The standard InChI is InChI=1S/C13H13NO2/c1-3-11-4-6-12(7-5-11)16-13-8-14(9-13)10(2)15/h1,4-7,13H,8-9H2,2H3. The summed E-state index contributed by atoms with van der Waals surface area (Å²) in [6.07, 6.45) is 5.37. The molecule has 0 saturated carbocycles. The van der Waals surface area contributed by atoms with Crippen LogP contribution in [0.1, 0.15) is 12.5 Å². The summed E-state index contributed by atoms with van der Waals surface area (Å²) in [4.78, 5) is 12.7. The van der Waals surface area contributed by atoms with Crippen molar-refractivity contribution in [3.8, 4) is 18.1 Å². The van der Waals surface area contributed by atoms with E-state index in [-0.39, 0.29) is 12.0 Å². The molecule has 3 nitrogen and oxygen atoms in total. The molecule has 0 unspecified atom stereocenters. The first-order chi connectivity index (χ1) is 7.69. The molecule has 1 amide bonds. The van der Waals surface area contributed by atoms with Crippen LogP contribution < -0.4 is 4.74 Å². The average molecular weight is 215 g/mol. The van der Waals surface area contributed by atoms with Gasteiger partial charge in [0.1, 0.15) is 11.9 Å². The van der Waals surface area contributed by atoms with Gasteiger partial charge in [0.2, 0.25) is 5.91 Å². The lowest BCUT2D eigenvalue weighted by Crippen LogP contribution is -2.55. The molecule has 0 bridgehead atoms. The topological polar surface area (TPSA) is 29.5 Å². The van der Waals surface area contributed by atoms with Crippen LogP contribution in [0.5, 0.6) is 5.75 Å². The van der Waals surface area contributed by atoms with Gasteiger partial charge < -0.3 is 9.64 Å². The van der Waals surface area contributed by atoms with Gasteiger partial charge in [-0.05, 0) is 24.3 Å². The summed E-state index contributed by atoms with van der Waals surface area (Å²) in [6, 6.07) is 7.39. The molecule has 1 aliphatic heterocycles. The zero-order chi connectivity index (χ0) is 11.5. The van der Waals surface area contributed by atoms with E-state index in [1.165, 1.54) is 0 Å². The van der Waals surface area contributed by atoms with Crippen molar-refractivity contribution >= 4 is 5.91 Å². The second-order valence-electron chi connectivity index (χ2n) is 3.83. The van der Waals surface area contributed by atoms with Crippen LogP contribution >= 0.6 is 0 Å². The van der Waals surface area contributed by atoms with Gasteiger partial charge in [-0.1, -0.05) is 5.92 Å². The Balaban J connectivity index is 1.87. The molecule has 1 saturated heterocycles. The van der Waals surface area contributed by atoms with E-state index < -0.39 is 0 Å². The molecule has 0 aromatic heterocycles. The van der Waals surface area contributed by atoms with Crippen molar-refractivity contribution in [2.75, 3.05) is 13.1 Å². The number of benzene rings is 1. The Bertz CT molecular complexity index is 424. The monoisotopic (exact) mass is 215 g/mol. The van der Waals surface area contributed by atoms with E-state index in [9.17, 15) is 4.79 Å². The third-order valence-electron chi connectivity index (χ3n) is 2.62. The van der Waals surface area contributed by atoms with Gasteiger partial charge in [-0.2, -0.15) is 0 Å². The van der Waals surface area contributed by atoms with Crippen molar-refractivity contribution in [3.05, 3.63) is 29.8 Å². The number of ether oxygens (including phenoxy) is 1. The van der Waals surface area contributed by atoms with Crippen LogP contribution in [0, 0.1) is 12.3 Å². The van der Waals surface area contributed by atoms with E-state index >= 15 is 0 Å². The smallest absolute Gasteiger partial charge is 0.219 e. The zero-order valence-corrected chi connectivity index (χ0v) is 9.14. The van der Waals surface area contributed by atoms with Gasteiger partial charge in [0.15, 0.2) is 0 Å². The number of terminal acetylenes is 1. The first kappa shape index (κ1) is 10.6. The van der Waals surface area contributed by atoms with E-state index in [1.54, 1.807) is 11.8 Å². The van der Waals surface area contributed by atoms with E-state index in [0.29, 0.717) is 13.1 Å². The summed E-state index contributed by atoms with van der Waals surface area (Å²) in [7, 11) is 0. The molecule has 3 heteroatoms. The number of likely N-dealkylation sites (tertiary alicyclic amines) is 1.